The van der Waals surface area contributed by atoms with Crippen LogP contribution in [0.2, 0.25) is 0 Å². The van der Waals surface area contributed by atoms with E-state index < -0.39 is 34.6 Å². The lowest BCUT2D eigenvalue weighted by Gasteiger charge is -2.41. The van der Waals surface area contributed by atoms with Crippen LogP contribution in [0.5, 0.6) is 0 Å². The first-order valence-electron chi connectivity index (χ1n) is 10.3. The number of alkyl carbamates (subject to hydrolysis) is 1. The second-order valence-electron chi connectivity index (χ2n) is 7.93. The van der Waals surface area contributed by atoms with Crippen LogP contribution in [0.4, 0.5) is 10.5 Å². The fourth-order valence-electron chi connectivity index (χ4n) is 3.58. The zero-order valence-corrected chi connectivity index (χ0v) is 20.4. The van der Waals surface area contributed by atoms with Crippen LogP contribution < -0.4 is 9.96 Å². The molecule has 1 aromatic carbocycles. The highest BCUT2D eigenvalue weighted by Crippen LogP contribution is 2.29. The number of amides is 4. The van der Waals surface area contributed by atoms with E-state index in [0.29, 0.717) is 0 Å². The number of nitrogens with zero attached hydrogens (tertiary/aromatic N) is 3. The third-order valence-corrected chi connectivity index (χ3v) is 6.07. The topological polar surface area (TPSA) is 119 Å². The Hall–Kier alpha value is -2.50. The number of benzene rings is 1. The fraction of sp³-hybridized carbons (Fsp3) is 0.524. The minimum Gasteiger partial charge on any atom is -0.620 e. The number of rotatable bonds is 6. The fourth-order valence-corrected chi connectivity index (χ4v) is 3.84. The van der Waals surface area contributed by atoms with Gasteiger partial charge in [0.05, 0.1) is 26.9 Å². The first-order chi connectivity index (χ1) is 15.0. The maximum absolute atomic E-state index is 13.7. The SMILES string of the molecule is CC[N+]([O-])(C(=O)C1CN(C(C)=O)CN1C(=O)C(NC(=O)OC)C(C)C)c1ccc(Br)cc1. The largest absolute Gasteiger partial charge is 0.620 e. The average molecular weight is 513 g/mol. The Kier molecular flexibility index (Phi) is 8.38. The monoisotopic (exact) mass is 512 g/mol. The number of carbonyl (C=O) groups excluding carboxylic acids is 4. The zero-order valence-electron chi connectivity index (χ0n) is 18.8. The standard InChI is InChI=1S/C21H29BrN4O6/c1-6-26(31,16-9-7-15(22)8-10-16)20(29)17-11-24(14(4)27)12-25(17)19(28)18(13(2)3)23-21(30)32-5/h7-10,13,17-18H,6,11-12H2,1-5H3,(H,23,30). The molecule has 11 heteroatoms. The number of carbonyl (C=O) groups is 4. The first-order valence-corrected chi connectivity index (χ1v) is 11.1. The highest BCUT2D eigenvalue weighted by atomic mass is 79.9. The molecular weight excluding hydrogens is 484 g/mol. The van der Waals surface area contributed by atoms with Crippen LogP contribution >= 0.6 is 15.9 Å². The number of hydrogen-bond donors (Lipinski definition) is 1. The van der Waals surface area contributed by atoms with E-state index in [2.05, 4.69) is 26.0 Å². The highest BCUT2D eigenvalue weighted by Gasteiger charge is 2.48. The maximum Gasteiger partial charge on any atom is 0.407 e. The lowest BCUT2D eigenvalue weighted by atomic mass is 10.0. The van der Waals surface area contributed by atoms with Crippen molar-refractivity contribution in [3.8, 4) is 0 Å². The molecule has 3 unspecified atom stereocenters. The minimum atomic E-state index is -1.29. The Bertz CT molecular complexity index is 878. The van der Waals surface area contributed by atoms with Crippen molar-refractivity contribution in [2.75, 3.05) is 26.9 Å². The van der Waals surface area contributed by atoms with Crippen molar-refractivity contribution in [2.24, 2.45) is 5.92 Å². The average Bonchev–Trinajstić information content (AvgIpc) is 3.21. The van der Waals surface area contributed by atoms with Crippen molar-refractivity contribution < 1.29 is 23.9 Å². The van der Waals surface area contributed by atoms with Crippen LogP contribution in [0.25, 0.3) is 0 Å². The number of methoxy groups -OCH3 is 1. The highest BCUT2D eigenvalue weighted by molar-refractivity contribution is 9.10. The van der Waals surface area contributed by atoms with Gasteiger partial charge >= 0.3 is 12.0 Å². The van der Waals surface area contributed by atoms with E-state index >= 15 is 0 Å². The molecule has 0 spiro atoms. The number of nitrogens with one attached hydrogen (secondary N) is 1. The van der Waals surface area contributed by atoms with Crippen LogP contribution in [0.3, 0.4) is 0 Å². The van der Waals surface area contributed by atoms with Crippen LogP contribution in [-0.2, 0) is 19.1 Å². The molecule has 0 aromatic heterocycles. The summed E-state index contributed by atoms with van der Waals surface area (Å²) in [6.07, 6.45) is -0.792. The molecule has 1 aromatic rings. The lowest BCUT2D eigenvalue weighted by Crippen LogP contribution is -2.61. The Balaban J connectivity index is 2.44. The Morgan fingerprint density at radius 1 is 1.25 bits per heavy atom. The molecule has 0 bridgehead atoms. The summed E-state index contributed by atoms with van der Waals surface area (Å²) in [5.74, 6) is -1.98. The third kappa shape index (κ3) is 5.28. The molecule has 0 aliphatic carbocycles. The summed E-state index contributed by atoms with van der Waals surface area (Å²) in [5, 5.41) is 16.2. The zero-order chi connectivity index (χ0) is 24.2. The van der Waals surface area contributed by atoms with Crippen molar-refractivity contribution in [3.63, 3.8) is 0 Å². The molecule has 1 saturated heterocycles. The molecule has 10 nitrogen and oxygen atoms in total. The van der Waals surface area contributed by atoms with Crippen LogP contribution in [-0.4, -0.2) is 72.6 Å². The van der Waals surface area contributed by atoms with Gasteiger partial charge < -0.3 is 25.1 Å². The van der Waals surface area contributed by atoms with E-state index in [1.54, 1.807) is 45.0 Å². The number of likely N-dealkylation sites (N-methyl/N-ethyl adjacent to an activating group) is 1. The van der Waals surface area contributed by atoms with Gasteiger partial charge in [0.2, 0.25) is 11.8 Å². The van der Waals surface area contributed by atoms with Gasteiger partial charge in [0.15, 0.2) is 6.04 Å². The third-order valence-electron chi connectivity index (χ3n) is 5.54. The van der Waals surface area contributed by atoms with E-state index in [1.165, 1.54) is 23.8 Å². The van der Waals surface area contributed by atoms with Gasteiger partial charge in [-0.05, 0) is 25.0 Å². The van der Waals surface area contributed by atoms with Crippen LogP contribution in [0.1, 0.15) is 27.7 Å². The van der Waals surface area contributed by atoms with E-state index in [-0.39, 0.29) is 37.3 Å². The quantitative estimate of drug-likeness (QED) is 0.460. The van der Waals surface area contributed by atoms with Gasteiger partial charge in [-0.25, -0.2) is 9.59 Å². The molecule has 32 heavy (non-hydrogen) atoms. The van der Waals surface area contributed by atoms with Crippen LogP contribution in [0.15, 0.2) is 28.7 Å². The summed E-state index contributed by atoms with van der Waals surface area (Å²) in [7, 11) is 1.18. The summed E-state index contributed by atoms with van der Waals surface area (Å²) in [5.41, 5.74) is 0.225. The van der Waals surface area contributed by atoms with Gasteiger partial charge in [0.1, 0.15) is 11.7 Å². The Morgan fingerprint density at radius 2 is 1.84 bits per heavy atom. The molecule has 1 fully saturated rings. The molecule has 0 radical (unpaired) electrons. The summed E-state index contributed by atoms with van der Waals surface area (Å²) >= 11 is 3.31. The molecule has 176 valence electrons. The van der Waals surface area contributed by atoms with E-state index in [1.807, 2.05) is 0 Å². The molecule has 3 atom stereocenters. The van der Waals surface area contributed by atoms with E-state index in [0.717, 1.165) is 4.47 Å². The Labute approximate surface area is 195 Å². The molecule has 4 amide bonds. The number of hydrogen-bond acceptors (Lipinski definition) is 6. The smallest absolute Gasteiger partial charge is 0.407 e. The number of quaternary nitrogens is 1. The molecule has 1 heterocycles. The van der Waals surface area contributed by atoms with Crippen molar-refractivity contribution >= 4 is 45.4 Å². The second-order valence-corrected chi connectivity index (χ2v) is 8.85. The van der Waals surface area contributed by atoms with Crippen molar-refractivity contribution in [1.29, 1.82) is 0 Å². The maximum atomic E-state index is 13.7. The van der Waals surface area contributed by atoms with Crippen molar-refractivity contribution in [1.82, 2.24) is 19.8 Å². The predicted octanol–water partition coefficient (Wildman–Crippen LogP) is 2.20. The molecular formula is C21H29BrN4O6. The van der Waals surface area contributed by atoms with Gasteiger partial charge in [-0.15, -0.1) is 0 Å². The number of ether oxygens (including phenoxy) is 1. The molecule has 0 saturated carbocycles. The van der Waals surface area contributed by atoms with Crippen molar-refractivity contribution in [2.45, 2.75) is 39.8 Å². The number of halogens is 1. The number of hydroxylamine groups is 2. The van der Waals surface area contributed by atoms with Gasteiger partial charge in [-0.2, -0.15) is 0 Å². The molecule has 1 aliphatic rings. The van der Waals surface area contributed by atoms with Crippen molar-refractivity contribution in [3.05, 3.63) is 33.9 Å². The summed E-state index contributed by atoms with van der Waals surface area (Å²) in [6, 6.07) is 4.28. The molecule has 2 rings (SSSR count). The van der Waals surface area contributed by atoms with Gasteiger partial charge in [-0.1, -0.05) is 29.8 Å². The normalized spacial score (nSPS) is 18.8. The van der Waals surface area contributed by atoms with Crippen LogP contribution in [0, 0.1) is 11.1 Å². The summed E-state index contributed by atoms with van der Waals surface area (Å²) in [6.45, 7) is 6.05. The van der Waals surface area contributed by atoms with E-state index in [4.69, 9.17) is 0 Å². The predicted molar refractivity (Wildman–Crippen MR) is 122 cm³/mol. The first kappa shape index (κ1) is 25.8. The Morgan fingerprint density at radius 3 is 2.31 bits per heavy atom. The van der Waals surface area contributed by atoms with Gasteiger partial charge in [0.25, 0.3) is 0 Å². The van der Waals surface area contributed by atoms with Gasteiger partial charge in [-0.3, -0.25) is 14.2 Å². The second kappa shape index (κ2) is 10.4. The summed E-state index contributed by atoms with van der Waals surface area (Å²) < 4.78 is 4.07. The van der Waals surface area contributed by atoms with Gasteiger partial charge in [0, 0.05) is 23.5 Å². The van der Waals surface area contributed by atoms with E-state index in [9.17, 15) is 24.4 Å². The lowest BCUT2D eigenvalue weighted by molar-refractivity contribution is -0.143. The minimum absolute atomic E-state index is 0.0902. The summed E-state index contributed by atoms with van der Waals surface area (Å²) in [4.78, 5) is 53.2. The molecule has 1 N–H and O–H groups in total. The molecule has 1 aliphatic heterocycles.